The third-order valence-corrected chi connectivity index (χ3v) is 4.01. The Labute approximate surface area is 114 Å². The first kappa shape index (κ1) is 13.3. The molecule has 0 radical (unpaired) electrons. The number of nitro groups is 1. The van der Waals surface area contributed by atoms with E-state index in [4.69, 9.17) is 0 Å². The highest BCUT2D eigenvalue weighted by atomic mass is 79.9. The Morgan fingerprint density at radius 2 is 2.33 bits per heavy atom. The molecule has 0 amide bonds. The Hall–Kier alpha value is -1.17. The van der Waals surface area contributed by atoms with E-state index < -0.39 is 4.92 Å². The lowest BCUT2D eigenvalue weighted by Crippen LogP contribution is -2.16. The quantitative estimate of drug-likeness (QED) is 0.641. The van der Waals surface area contributed by atoms with Crippen molar-refractivity contribution in [3.05, 3.63) is 26.9 Å². The molecular formula is C12H16BrN3O2. The summed E-state index contributed by atoms with van der Waals surface area (Å²) in [6.07, 6.45) is 6.23. The van der Waals surface area contributed by atoms with E-state index in [9.17, 15) is 10.1 Å². The zero-order valence-corrected chi connectivity index (χ0v) is 11.9. The van der Waals surface area contributed by atoms with E-state index in [1.54, 1.807) is 0 Å². The summed E-state index contributed by atoms with van der Waals surface area (Å²) < 4.78 is 0.643. The summed E-state index contributed by atoms with van der Waals surface area (Å²) in [4.78, 5) is 14.2. The maximum atomic E-state index is 10.6. The summed E-state index contributed by atoms with van der Waals surface area (Å²) >= 11 is 3.31. The standard InChI is InChI=1S/C12H16BrN3O2/c1-2-3-12(4-5-12)8-15-11-10(13)6-9(7-14-11)16(17)18/h6-7H,2-5,8H2,1H3,(H,14,15). The van der Waals surface area contributed by atoms with Gasteiger partial charge in [0.25, 0.3) is 5.69 Å². The van der Waals surface area contributed by atoms with Crippen LogP contribution in [-0.2, 0) is 0 Å². The number of nitrogens with zero attached hydrogens (tertiary/aromatic N) is 2. The molecular weight excluding hydrogens is 298 g/mol. The van der Waals surface area contributed by atoms with Crippen molar-refractivity contribution in [3.63, 3.8) is 0 Å². The van der Waals surface area contributed by atoms with E-state index in [1.165, 1.54) is 37.9 Å². The van der Waals surface area contributed by atoms with Crippen LogP contribution in [-0.4, -0.2) is 16.5 Å². The molecule has 0 atom stereocenters. The molecule has 0 saturated heterocycles. The van der Waals surface area contributed by atoms with E-state index >= 15 is 0 Å². The van der Waals surface area contributed by atoms with E-state index in [0.717, 1.165) is 6.54 Å². The molecule has 0 unspecified atom stereocenters. The van der Waals surface area contributed by atoms with Crippen molar-refractivity contribution in [2.75, 3.05) is 11.9 Å². The van der Waals surface area contributed by atoms with Crippen LogP contribution >= 0.6 is 15.9 Å². The van der Waals surface area contributed by atoms with Crippen LogP contribution in [0.3, 0.4) is 0 Å². The molecule has 18 heavy (non-hydrogen) atoms. The van der Waals surface area contributed by atoms with Gasteiger partial charge in [0, 0.05) is 12.6 Å². The fourth-order valence-electron chi connectivity index (χ4n) is 2.15. The summed E-state index contributed by atoms with van der Waals surface area (Å²) in [6, 6.07) is 1.48. The fraction of sp³-hybridized carbons (Fsp3) is 0.583. The van der Waals surface area contributed by atoms with E-state index in [1.807, 2.05) is 0 Å². The van der Waals surface area contributed by atoms with E-state index in [2.05, 4.69) is 33.2 Å². The van der Waals surface area contributed by atoms with Gasteiger partial charge in [0.2, 0.25) is 0 Å². The van der Waals surface area contributed by atoms with Gasteiger partial charge in [-0.3, -0.25) is 10.1 Å². The second-order valence-corrected chi connectivity index (χ2v) is 5.74. The number of hydrogen-bond acceptors (Lipinski definition) is 4. The van der Waals surface area contributed by atoms with Crippen molar-refractivity contribution in [2.45, 2.75) is 32.6 Å². The van der Waals surface area contributed by atoms with Gasteiger partial charge in [-0.25, -0.2) is 4.98 Å². The van der Waals surface area contributed by atoms with Crippen molar-refractivity contribution in [2.24, 2.45) is 5.41 Å². The number of rotatable bonds is 6. The van der Waals surface area contributed by atoms with Crippen LogP contribution < -0.4 is 5.32 Å². The minimum atomic E-state index is -0.443. The summed E-state index contributed by atoms with van der Waals surface area (Å²) in [5, 5.41) is 13.9. The second-order valence-electron chi connectivity index (χ2n) is 4.88. The monoisotopic (exact) mass is 313 g/mol. The smallest absolute Gasteiger partial charge is 0.288 e. The number of anilines is 1. The van der Waals surface area contributed by atoms with Crippen molar-refractivity contribution < 1.29 is 4.92 Å². The van der Waals surface area contributed by atoms with Gasteiger partial charge < -0.3 is 5.32 Å². The summed E-state index contributed by atoms with van der Waals surface area (Å²) in [7, 11) is 0. The summed E-state index contributed by atoms with van der Waals surface area (Å²) in [5.74, 6) is 0.683. The van der Waals surface area contributed by atoms with E-state index in [-0.39, 0.29) is 5.69 Å². The number of halogens is 1. The summed E-state index contributed by atoms with van der Waals surface area (Å²) in [5.41, 5.74) is 0.430. The number of nitrogens with one attached hydrogen (secondary N) is 1. The average molecular weight is 314 g/mol. The first-order valence-electron chi connectivity index (χ1n) is 6.10. The molecule has 0 spiro atoms. The largest absolute Gasteiger partial charge is 0.369 e. The average Bonchev–Trinajstić information content (AvgIpc) is 3.08. The molecule has 0 aromatic carbocycles. The van der Waals surface area contributed by atoms with Gasteiger partial charge in [0.05, 0.1) is 9.40 Å². The lowest BCUT2D eigenvalue weighted by molar-refractivity contribution is -0.385. The highest BCUT2D eigenvalue weighted by Crippen LogP contribution is 2.49. The van der Waals surface area contributed by atoms with Crippen LogP contribution in [0.1, 0.15) is 32.6 Å². The third kappa shape index (κ3) is 2.98. The number of hydrogen-bond donors (Lipinski definition) is 1. The molecule has 1 aliphatic rings. The van der Waals surface area contributed by atoms with Gasteiger partial charge in [-0.15, -0.1) is 0 Å². The fourth-order valence-corrected chi connectivity index (χ4v) is 2.63. The maximum Gasteiger partial charge on any atom is 0.288 e. The molecule has 1 aromatic heterocycles. The highest BCUT2D eigenvalue weighted by molar-refractivity contribution is 9.10. The normalized spacial score (nSPS) is 16.3. The lowest BCUT2D eigenvalue weighted by Gasteiger charge is -2.15. The summed E-state index contributed by atoms with van der Waals surface area (Å²) in [6.45, 7) is 3.09. The van der Waals surface area contributed by atoms with Crippen LogP contribution in [0, 0.1) is 15.5 Å². The predicted molar refractivity (Wildman–Crippen MR) is 73.7 cm³/mol. The molecule has 0 aliphatic heterocycles. The third-order valence-electron chi connectivity index (χ3n) is 3.41. The molecule has 1 fully saturated rings. The van der Waals surface area contributed by atoms with Crippen LogP contribution in [0.2, 0.25) is 0 Å². The molecule has 98 valence electrons. The van der Waals surface area contributed by atoms with Crippen LogP contribution in [0.5, 0.6) is 0 Å². The van der Waals surface area contributed by atoms with Gasteiger partial charge in [-0.1, -0.05) is 13.3 Å². The first-order chi connectivity index (χ1) is 8.56. The van der Waals surface area contributed by atoms with Crippen molar-refractivity contribution in [1.29, 1.82) is 0 Å². The Morgan fingerprint density at radius 1 is 1.61 bits per heavy atom. The van der Waals surface area contributed by atoms with Crippen molar-refractivity contribution in [3.8, 4) is 0 Å². The Bertz CT molecular complexity index is 461. The topological polar surface area (TPSA) is 68.1 Å². The molecule has 2 rings (SSSR count). The predicted octanol–water partition coefficient (Wildman–Crippen LogP) is 3.74. The van der Waals surface area contributed by atoms with Crippen LogP contribution in [0.15, 0.2) is 16.7 Å². The van der Waals surface area contributed by atoms with Crippen LogP contribution in [0.4, 0.5) is 11.5 Å². The Kier molecular flexibility index (Phi) is 3.85. The molecule has 5 nitrogen and oxygen atoms in total. The molecule has 6 heteroatoms. The minimum absolute atomic E-state index is 0.00196. The van der Waals surface area contributed by atoms with Crippen molar-refractivity contribution >= 4 is 27.4 Å². The van der Waals surface area contributed by atoms with Crippen LogP contribution in [0.25, 0.3) is 0 Å². The lowest BCUT2D eigenvalue weighted by atomic mass is 10.0. The SMILES string of the molecule is CCCC1(CNc2ncc([N+](=O)[O-])cc2Br)CC1. The molecule has 1 saturated carbocycles. The van der Waals surface area contributed by atoms with Gasteiger partial charge in [-0.05, 0) is 40.6 Å². The maximum absolute atomic E-state index is 10.6. The Morgan fingerprint density at radius 3 is 2.83 bits per heavy atom. The van der Waals surface area contributed by atoms with Gasteiger partial charge in [0.15, 0.2) is 0 Å². The first-order valence-corrected chi connectivity index (χ1v) is 6.89. The van der Waals surface area contributed by atoms with E-state index in [0.29, 0.717) is 15.7 Å². The molecule has 1 heterocycles. The molecule has 1 aromatic rings. The number of pyridine rings is 1. The molecule has 0 bridgehead atoms. The zero-order chi connectivity index (χ0) is 13.2. The van der Waals surface area contributed by atoms with Gasteiger partial charge in [-0.2, -0.15) is 0 Å². The zero-order valence-electron chi connectivity index (χ0n) is 10.3. The molecule has 1 aliphatic carbocycles. The molecule has 1 N–H and O–H groups in total. The second kappa shape index (κ2) is 5.22. The van der Waals surface area contributed by atoms with Gasteiger partial charge >= 0.3 is 0 Å². The van der Waals surface area contributed by atoms with Gasteiger partial charge in [0.1, 0.15) is 12.0 Å². The Balaban J connectivity index is 2.00. The minimum Gasteiger partial charge on any atom is -0.369 e. The van der Waals surface area contributed by atoms with Crippen molar-refractivity contribution in [1.82, 2.24) is 4.98 Å². The highest BCUT2D eigenvalue weighted by Gasteiger charge is 2.41. The number of aromatic nitrogens is 1.